The van der Waals surface area contributed by atoms with Gasteiger partial charge < -0.3 is 10.2 Å². The molecule has 2 atom stereocenters. The molecule has 5 rings (SSSR count). The van der Waals surface area contributed by atoms with Gasteiger partial charge in [0, 0.05) is 25.2 Å². The summed E-state index contributed by atoms with van der Waals surface area (Å²) in [5.41, 5.74) is 1.96. The second kappa shape index (κ2) is 9.01. The molecule has 4 heterocycles. The number of hydrogen-bond acceptors (Lipinski definition) is 6. The fourth-order valence-electron chi connectivity index (χ4n) is 4.74. The zero-order chi connectivity index (χ0) is 26.5. The largest absolute Gasteiger partial charge is 0.405 e. The van der Waals surface area contributed by atoms with Crippen molar-refractivity contribution in [2.45, 2.75) is 37.3 Å². The molecule has 4 aromatic rings. The molecule has 0 aliphatic carbocycles. The minimum atomic E-state index is -4.51. The molecule has 0 saturated carbocycles. The number of halogens is 3. The summed E-state index contributed by atoms with van der Waals surface area (Å²) < 4.78 is 67.2. The molecule has 0 bridgehead atoms. The zero-order valence-electron chi connectivity index (χ0n) is 20.0. The van der Waals surface area contributed by atoms with Crippen LogP contribution < -0.4 is 5.32 Å². The molecule has 1 aliphatic heterocycles. The average molecular weight is 536 g/mol. The lowest BCUT2D eigenvalue weighted by Crippen LogP contribution is -2.42. The van der Waals surface area contributed by atoms with Crippen LogP contribution in [0.1, 0.15) is 30.7 Å². The van der Waals surface area contributed by atoms with Crippen molar-refractivity contribution in [3.63, 3.8) is 0 Å². The fraction of sp³-hybridized carbons (Fsp3) is 0.391. The highest BCUT2D eigenvalue weighted by Crippen LogP contribution is 2.35. The molecule has 0 spiro atoms. The highest BCUT2D eigenvalue weighted by molar-refractivity contribution is 7.90. The lowest BCUT2D eigenvalue weighted by molar-refractivity contribution is -0.123. The summed E-state index contributed by atoms with van der Waals surface area (Å²) in [7, 11) is -3.93. The first-order valence-electron chi connectivity index (χ1n) is 11.6. The van der Waals surface area contributed by atoms with Crippen LogP contribution in [-0.2, 0) is 10.0 Å². The monoisotopic (exact) mass is 535 g/mol. The highest BCUT2D eigenvalue weighted by Gasteiger charge is 2.39. The molecule has 1 N–H and O–H groups in total. The molecule has 14 heteroatoms. The highest BCUT2D eigenvalue weighted by atomic mass is 32.2. The van der Waals surface area contributed by atoms with Crippen LogP contribution in [0, 0.1) is 12.8 Å². The van der Waals surface area contributed by atoms with Crippen LogP contribution in [0.3, 0.4) is 0 Å². The Morgan fingerprint density at radius 2 is 1.86 bits per heavy atom. The van der Waals surface area contributed by atoms with Gasteiger partial charge in [-0.15, -0.1) is 10.2 Å². The maximum atomic E-state index is 13.3. The first-order valence-corrected chi connectivity index (χ1v) is 13.1. The molecule has 196 valence electrons. The van der Waals surface area contributed by atoms with Crippen molar-refractivity contribution in [3.8, 4) is 0 Å². The van der Waals surface area contributed by atoms with Gasteiger partial charge in [-0.3, -0.25) is 4.40 Å². The van der Waals surface area contributed by atoms with Gasteiger partial charge in [0.1, 0.15) is 12.4 Å². The normalized spacial score (nSPS) is 18.7. The molecule has 10 nitrogen and oxygen atoms in total. The van der Waals surface area contributed by atoms with E-state index in [1.807, 2.05) is 19.2 Å². The summed E-state index contributed by atoms with van der Waals surface area (Å²) in [5.74, 6) is 0.0933. The number of hydrogen-bond donors (Lipinski definition) is 1. The summed E-state index contributed by atoms with van der Waals surface area (Å²) in [6, 6.07) is 7.30. The topological polar surface area (TPSA) is 114 Å². The van der Waals surface area contributed by atoms with E-state index in [9.17, 15) is 26.4 Å². The summed E-state index contributed by atoms with van der Waals surface area (Å²) >= 11 is 0. The summed E-state index contributed by atoms with van der Waals surface area (Å²) in [6.07, 6.45) is -1.02. The number of nitrogens with one attached hydrogen (secondary N) is 1. The molecular formula is C23H24F3N7O3S. The van der Waals surface area contributed by atoms with Gasteiger partial charge in [-0.2, -0.15) is 13.2 Å². The van der Waals surface area contributed by atoms with E-state index in [2.05, 4.69) is 15.2 Å². The van der Waals surface area contributed by atoms with E-state index < -0.39 is 28.8 Å². The Hall–Kier alpha value is -3.68. The summed E-state index contributed by atoms with van der Waals surface area (Å²) in [6.45, 7) is 2.79. The zero-order valence-corrected chi connectivity index (χ0v) is 20.8. The molecule has 1 aromatic carbocycles. The molecule has 2 amide bonds. The van der Waals surface area contributed by atoms with E-state index in [1.165, 1.54) is 29.4 Å². The van der Waals surface area contributed by atoms with Crippen LogP contribution >= 0.6 is 0 Å². The minimum Gasteiger partial charge on any atom is -0.329 e. The van der Waals surface area contributed by atoms with E-state index in [1.54, 1.807) is 22.6 Å². The van der Waals surface area contributed by atoms with Crippen molar-refractivity contribution < 1.29 is 26.4 Å². The number of nitrogens with zero attached hydrogens (tertiary/aromatic N) is 6. The first kappa shape index (κ1) is 25.0. The molecule has 0 radical (unpaired) electrons. The van der Waals surface area contributed by atoms with Crippen LogP contribution in [0.25, 0.3) is 16.8 Å². The van der Waals surface area contributed by atoms with Crippen LogP contribution in [-0.4, -0.2) is 68.7 Å². The smallest absolute Gasteiger partial charge is 0.329 e. The van der Waals surface area contributed by atoms with Crippen molar-refractivity contribution in [1.82, 2.24) is 33.8 Å². The SMILES string of the molecule is CC[C@H]1CN(C(=O)NCC(F)(F)F)C[C@H]1c1nnc2cnc3c(ccn3S(=O)(=O)c3ccc(C)cc3)n12. The lowest BCUT2D eigenvalue weighted by Gasteiger charge is -2.18. The van der Waals surface area contributed by atoms with E-state index >= 15 is 0 Å². The molecule has 1 saturated heterocycles. The number of aryl methyl sites for hydroxylation is 1. The quantitative estimate of drug-likeness (QED) is 0.419. The molecule has 1 aliphatic rings. The second-order valence-corrected chi connectivity index (χ2v) is 10.9. The van der Waals surface area contributed by atoms with Crippen LogP contribution in [0.4, 0.5) is 18.0 Å². The predicted molar refractivity (Wildman–Crippen MR) is 128 cm³/mol. The number of rotatable bonds is 5. The van der Waals surface area contributed by atoms with Gasteiger partial charge in [-0.1, -0.05) is 31.0 Å². The number of benzene rings is 1. The van der Waals surface area contributed by atoms with Crippen molar-refractivity contribution in [3.05, 3.63) is 54.1 Å². The Morgan fingerprint density at radius 1 is 1.14 bits per heavy atom. The van der Waals surface area contributed by atoms with E-state index in [4.69, 9.17) is 0 Å². The Bertz CT molecular complexity index is 1580. The van der Waals surface area contributed by atoms with Crippen LogP contribution in [0.5, 0.6) is 0 Å². The third-order valence-electron chi connectivity index (χ3n) is 6.66. The molecule has 1 fully saturated rings. The molecule has 37 heavy (non-hydrogen) atoms. The average Bonchev–Trinajstić information content (AvgIpc) is 3.57. The number of urea groups is 1. The summed E-state index contributed by atoms with van der Waals surface area (Å²) in [4.78, 5) is 18.2. The van der Waals surface area contributed by atoms with Gasteiger partial charge in [0.05, 0.1) is 16.6 Å². The van der Waals surface area contributed by atoms with E-state index in [0.29, 0.717) is 23.4 Å². The number of amides is 2. The first-order chi connectivity index (χ1) is 17.5. The van der Waals surface area contributed by atoms with E-state index in [0.717, 1.165) is 9.54 Å². The van der Waals surface area contributed by atoms with Crippen LogP contribution in [0.2, 0.25) is 0 Å². The second-order valence-electron chi connectivity index (χ2n) is 9.10. The maximum Gasteiger partial charge on any atom is 0.405 e. The maximum absolute atomic E-state index is 13.3. The van der Waals surface area contributed by atoms with Gasteiger partial charge in [-0.25, -0.2) is 22.2 Å². The number of carbonyl (C=O) groups is 1. The van der Waals surface area contributed by atoms with Gasteiger partial charge in [0.2, 0.25) is 0 Å². The third-order valence-corrected chi connectivity index (χ3v) is 8.34. The lowest BCUT2D eigenvalue weighted by atomic mass is 9.93. The number of likely N-dealkylation sites (tertiary alicyclic amines) is 1. The van der Waals surface area contributed by atoms with Gasteiger partial charge in [0.15, 0.2) is 11.3 Å². The Kier molecular flexibility index (Phi) is 6.09. The Morgan fingerprint density at radius 3 is 2.54 bits per heavy atom. The van der Waals surface area contributed by atoms with Crippen molar-refractivity contribution in [2.75, 3.05) is 19.6 Å². The standard InChI is InChI=1S/C23H24F3N7O3S/c1-3-15-11-31(22(34)28-13-23(24,25)26)12-17(15)20-30-29-19-10-27-21-18(33(19)20)8-9-32(21)37(35,36)16-6-4-14(2)5-7-16/h4-10,15,17H,3,11-13H2,1-2H3,(H,28,34)/t15-,17+/m0/s1. The minimum absolute atomic E-state index is 0.0781. The fourth-order valence-corrected chi connectivity index (χ4v) is 6.04. The Balaban J connectivity index is 1.52. The van der Waals surface area contributed by atoms with Gasteiger partial charge in [0.25, 0.3) is 10.0 Å². The number of aromatic nitrogens is 5. The molecule has 3 aromatic heterocycles. The number of alkyl halides is 3. The van der Waals surface area contributed by atoms with Crippen LogP contribution in [0.15, 0.2) is 47.6 Å². The predicted octanol–water partition coefficient (Wildman–Crippen LogP) is 3.32. The Labute approximate surface area is 210 Å². The number of carbonyl (C=O) groups excluding carboxylic acids is 1. The third kappa shape index (κ3) is 4.49. The van der Waals surface area contributed by atoms with E-state index in [-0.39, 0.29) is 35.5 Å². The summed E-state index contributed by atoms with van der Waals surface area (Å²) in [5, 5.41) is 10.4. The van der Waals surface area contributed by atoms with Gasteiger partial charge >= 0.3 is 12.2 Å². The van der Waals surface area contributed by atoms with Crippen molar-refractivity contribution in [1.29, 1.82) is 0 Å². The van der Waals surface area contributed by atoms with Gasteiger partial charge in [-0.05, 0) is 31.0 Å². The van der Waals surface area contributed by atoms with Crippen molar-refractivity contribution in [2.24, 2.45) is 5.92 Å². The molecular weight excluding hydrogens is 511 g/mol. The number of fused-ring (bicyclic) bond motifs is 3. The molecule has 0 unspecified atom stereocenters. The van der Waals surface area contributed by atoms with Crippen molar-refractivity contribution >= 4 is 32.9 Å².